The van der Waals surface area contributed by atoms with Gasteiger partial charge in [-0.25, -0.2) is 0 Å². The maximum absolute atomic E-state index is 12.0. The molecule has 0 aromatic heterocycles. The van der Waals surface area contributed by atoms with E-state index in [0.29, 0.717) is 25.4 Å². The third kappa shape index (κ3) is 17.5. The van der Waals surface area contributed by atoms with E-state index in [4.69, 9.17) is 9.47 Å². The zero-order chi connectivity index (χ0) is 21.7. The van der Waals surface area contributed by atoms with Gasteiger partial charge in [0, 0.05) is 12.8 Å². The van der Waals surface area contributed by atoms with Gasteiger partial charge in [0.2, 0.25) is 0 Å². The minimum absolute atomic E-state index is 0.0442. The lowest BCUT2D eigenvalue weighted by atomic mass is 9.97. The number of hydrogen-bond donors (Lipinski definition) is 0. The fourth-order valence-corrected chi connectivity index (χ4v) is 3.68. The number of unbranched alkanes of at least 4 members (excludes halogenated alkanes) is 9. The van der Waals surface area contributed by atoms with Crippen LogP contribution in [-0.4, -0.2) is 24.6 Å². The Labute approximate surface area is 180 Å². The van der Waals surface area contributed by atoms with Crippen molar-refractivity contribution in [1.29, 1.82) is 0 Å². The summed E-state index contributed by atoms with van der Waals surface area (Å²) in [5.74, 6) is 0.352. The van der Waals surface area contributed by atoms with E-state index in [1.165, 1.54) is 19.3 Å². The van der Waals surface area contributed by atoms with Gasteiger partial charge in [0.25, 0.3) is 0 Å². The zero-order valence-corrected chi connectivity index (χ0v) is 19.8. The van der Waals surface area contributed by atoms with Crippen LogP contribution in [0.3, 0.4) is 0 Å². The molecule has 0 rings (SSSR count). The lowest BCUT2D eigenvalue weighted by Gasteiger charge is -2.22. The van der Waals surface area contributed by atoms with Gasteiger partial charge in [-0.1, -0.05) is 85.5 Å². The maximum atomic E-state index is 12.0. The first-order valence-corrected chi connectivity index (χ1v) is 12.4. The highest BCUT2D eigenvalue weighted by atomic mass is 16.5. The molecule has 0 aliphatic heterocycles. The van der Waals surface area contributed by atoms with Crippen molar-refractivity contribution in [2.24, 2.45) is 5.92 Å². The van der Waals surface area contributed by atoms with Gasteiger partial charge >= 0.3 is 11.9 Å². The highest BCUT2D eigenvalue weighted by molar-refractivity contribution is 5.69. The summed E-state index contributed by atoms with van der Waals surface area (Å²) in [6, 6.07) is 0. The average Bonchev–Trinajstić information content (AvgIpc) is 2.70. The Morgan fingerprint density at radius 1 is 0.690 bits per heavy atom. The SMILES string of the molecule is CCCCCCCOC(=O)CCCCCCCCC(=O)OC(CC)C(C)CCC. The van der Waals surface area contributed by atoms with E-state index in [0.717, 1.165) is 70.6 Å². The van der Waals surface area contributed by atoms with Crippen molar-refractivity contribution in [2.75, 3.05) is 6.61 Å². The molecule has 0 aromatic carbocycles. The fourth-order valence-electron chi connectivity index (χ4n) is 3.68. The van der Waals surface area contributed by atoms with Gasteiger partial charge in [0.1, 0.15) is 6.10 Å². The van der Waals surface area contributed by atoms with Crippen LogP contribution < -0.4 is 0 Å². The Bertz CT molecular complexity index is 394. The molecular formula is C25H48O4. The minimum atomic E-state index is -0.0500. The average molecular weight is 413 g/mol. The molecular weight excluding hydrogens is 364 g/mol. The summed E-state index contributed by atoms with van der Waals surface area (Å²) in [7, 11) is 0. The molecule has 0 bridgehead atoms. The van der Waals surface area contributed by atoms with Crippen molar-refractivity contribution in [3.05, 3.63) is 0 Å². The minimum Gasteiger partial charge on any atom is -0.466 e. The van der Waals surface area contributed by atoms with Crippen LogP contribution in [0.1, 0.15) is 130 Å². The fraction of sp³-hybridized carbons (Fsp3) is 0.920. The number of ether oxygens (including phenoxy) is 2. The van der Waals surface area contributed by atoms with Crippen LogP contribution in [0.4, 0.5) is 0 Å². The summed E-state index contributed by atoms with van der Waals surface area (Å²) in [5, 5.41) is 0. The lowest BCUT2D eigenvalue weighted by Crippen LogP contribution is -2.24. The van der Waals surface area contributed by atoms with Crippen LogP contribution >= 0.6 is 0 Å². The van der Waals surface area contributed by atoms with Gasteiger partial charge in [-0.3, -0.25) is 9.59 Å². The predicted octanol–water partition coefficient (Wildman–Crippen LogP) is 7.38. The topological polar surface area (TPSA) is 52.6 Å². The van der Waals surface area contributed by atoms with Crippen LogP contribution in [0.25, 0.3) is 0 Å². The standard InChI is InChI=1S/C25H48O4/c1-5-8-9-14-17-21-28-24(26)19-15-12-10-11-13-16-20-25(27)29-23(7-3)22(4)18-6-2/h22-23H,5-21H2,1-4H3. The third-order valence-electron chi connectivity index (χ3n) is 5.59. The van der Waals surface area contributed by atoms with Crippen molar-refractivity contribution in [3.8, 4) is 0 Å². The molecule has 172 valence electrons. The number of esters is 2. The normalized spacial score (nSPS) is 13.1. The third-order valence-corrected chi connectivity index (χ3v) is 5.59. The van der Waals surface area contributed by atoms with Gasteiger partial charge in [-0.15, -0.1) is 0 Å². The molecule has 29 heavy (non-hydrogen) atoms. The molecule has 0 saturated carbocycles. The molecule has 0 fully saturated rings. The smallest absolute Gasteiger partial charge is 0.306 e. The van der Waals surface area contributed by atoms with Crippen molar-refractivity contribution in [1.82, 2.24) is 0 Å². The second kappa shape index (κ2) is 20.2. The Morgan fingerprint density at radius 2 is 1.24 bits per heavy atom. The van der Waals surface area contributed by atoms with Crippen LogP contribution in [0.5, 0.6) is 0 Å². The molecule has 0 aromatic rings. The zero-order valence-electron chi connectivity index (χ0n) is 19.8. The summed E-state index contributed by atoms with van der Waals surface area (Å²) in [5.41, 5.74) is 0. The van der Waals surface area contributed by atoms with Gasteiger partial charge in [0.05, 0.1) is 6.61 Å². The first-order chi connectivity index (χ1) is 14.0. The Hall–Kier alpha value is -1.06. The molecule has 0 heterocycles. The molecule has 0 radical (unpaired) electrons. The maximum Gasteiger partial charge on any atom is 0.306 e. The molecule has 0 spiro atoms. The molecule has 2 unspecified atom stereocenters. The molecule has 0 amide bonds. The number of carbonyl (C=O) groups is 2. The second-order valence-electron chi connectivity index (χ2n) is 8.46. The number of rotatable bonds is 20. The van der Waals surface area contributed by atoms with E-state index in [2.05, 4.69) is 27.7 Å². The summed E-state index contributed by atoms with van der Waals surface area (Å²) in [6.07, 6.45) is 16.3. The summed E-state index contributed by atoms with van der Waals surface area (Å²) < 4.78 is 10.9. The monoisotopic (exact) mass is 412 g/mol. The Balaban J connectivity index is 3.51. The first kappa shape index (κ1) is 27.9. The van der Waals surface area contributed by atoms with E-state index in [1.807, 2.05) is 0 Å². The summed E-state index contributed by atoms with van der Waals surface area (Å²) >= 11 is 0. The quantitative estimate of drug-likeness (QED) is 0.155. The lowest BCUT2D eigenvalue weighted by molar-refractivity contribution is -0.152. The van der Waals surface area contributed by atoms with Crippen molar-refractivity contribution < 1.29 is 19.1 Å². The molecule has 4 heteroatoms. The van der Waals surface area contributed by atoms with Gasteiger partial charge < -0.3 is 9.47 Å². The van der Waals surface area contributed by atoms with Crippen LogP contribution in [0.2, 0.25) is 0 Å². The van der Waals surface area contributed by atoms with E-state index >= 15 is 0 Å². The van der Waals surface area contributed by atoms with Crippen molar-refractivity contribution in [2.45, 2.75) is 137 Å². The molecule has 0 aliphatic carbocycles. The molecule has 0 aliphatic rings. The number of hydrogen-bond acceptors (Lipinski definition) is 4. The highest BCUT2D eigenvalue weighted by Gasteiger charge is 2.18. The van der Waals surface area contributed by atoms with Crippen molar-refractivity contribution in [3.63, 3.8) is 0 Å². The molecule has 4 nitrogen and oxygen atoms in total. The summed E-state index contributed by atoms with van der Waals surface area (Å²) in [6.45, 7) is 9.21. The Morgan fingerprint density at radius 3 is 1.83 bits per heavy atom. The second-order valence-corrected chi connectivity index (χ2v) is 8.46. The van der Waals surface area contributed by atoms with Gasteiger partial charge in [0.15, 0.2) is 0 Å². The van der Waals surface area contributed by atoms with Crippen molar-refractivity contribution >= 4 is 11.9 Å². The Kier molecular flexibility index (Phi) is 19.5. The largest absolute Gasteiger partial charge is 0.466 e. The van der Waals surface area contributed by atoms with Crippen LogP contribution in [0.15, 0.2) is 0 Å². The van der Waals surface area contributed by atoms with E-state index < -0.39 is 0 Å². The van der Waals surface area contributed by atoms with E-state index in [-0.39, 0.29) is 18.0 Å². The van der Waals surface area contributed by atoms with Crippen LogP contribution in [0, 0.1) is 5.92 Å². The van der Waals surface area contributed by atoms with E-state index in [9.17, 15) is 9.59 Å². The summed E-state index contributed by atoms with van der Waals surface area (Å²) in [4.78, 5) is 23.7. The van der Waals surface area contributed by atoms with E-state index in [1.54, 1.807) is 0 Å². The van der Waals surface area contributed by atoms with Crippen LogP contribution in [-0.2, 0) is 19.1 Å². The van der Waals surface area contributed by atoms with Gasteiger partial charge in [-0.2, -0.15) is 0 Å². The first-order valence-electron chi connectivity index (χ1n) is 12.4. The highest BCUT2D eigenvalue weighted by Crippen LogP contribution is 2.18. The van der Waals surface area contributed by atoms with Gasteiger partial charge in [-0.05, 0) is 38.0 Å². The molecule has 0 saturated heterocycles. The predicted molar refractivity (Wildman–Crippen MR) is 121 cm³/mol. The molecule has 0 N–H and O–H groups in total. The molecule has 2 atom stereocenters. The number of carbonyl (C=O) groups excluding carboxylic acids is 2.